The zero-order valence-corrected chi connectivity index (χ0v) is 13.2. The first-order valence-electron chi connectivity index (χ1n) is 6.11. The van der Waals surface area contributed by atoms with Gasteiger partial charge in [-0.1, -0.05) is 0 Å². The van der Waals surface area contributed by atoms with E-state index in [4.69, 9.17) is 5.11 Å². The van der Waals surface area contributed by atoms with Crippen molar-refractivity contribution in [2.75, 3.05) is 7.05 Å². The number of amides is 1. The molecule has 7 heteroatoms. The Bertz CT molecular complexity index is 688. The number of thiophene rings is 1. The fourth-order valence-corrected chi connectivity index (χ4v) is 3.29. The van der Waals surface area contributed by atoms with Crippen LogP contribution in [0.5, 0.6) is 0 Å². The third kappa shape index (κ3) is 3.99. The lowest BCUT2D eigenvalue weighted by atomic mass is 10.2. The van der Waals surface area contributed by atoms with E-state index < -0.39 is 5.97 Å². The number of carboxylic acid groups (broad SMARTS) is 1. The van der Waals surface area contributed by atoms with Gasteiger partial charge in [0.15, 0.2) is 0 Å². The first-order chi connectivity index (χ1) is 9.97. The molecule has 2 rings (SSSR count). The average Bonchev–Trinajstić information content (AvgIpc) is 3.05. The number of aromatic nitrogens is 1. The summed E-state index contributed by atoms with van der Waals surface area (Å²) in [6.07, 6.45) is 2.54. The van der Waals surface area contributed by atoms with Crippen LogP contribution >= 0.6 is 22.7 Å². The number of hydrogen-bond donors (Lipinski definition) is 1. The summed E-state index contributed by atoms with van der Waals surface area (Å²) in [6, 6.07) is 1.70. The molecule has 0 unspecified atom stereocenters. The molecule has 0 aromatic carbocycles. The van der Waals surface area contributed by atoms with Crippen LogP contribution < -0.4 is 0 Å². The summed E-state index contributed by atoms with van der Waals surface area (Å²) in [6.45, 7) is 2.44. The minimum absolute atomic E-state index is 0.0889. The maximum absolute atomic E-state index is 12.3. The van der Waals surface area contributed by atoms with E-state index in [9.17, 15) is 9.59 Å². The van der Waals surface area contributed by atoms with E-state index in [-0.39, 0.29) is 5.91 Å². The number of thiazole rings is 1. The molecular formula is C14H14N2O3S2. The summed E-state index contributed by atoms with van der Waals surface area (Å²) in [5.74, 6) is -1.09. The van der Waals surface area contributed by atoms with Crippen molar-refractivity contribution in [3.63, 3.8) is 0 Å². The number of carbonyl (C=O) groups excluding carboxylic acids is 1. The number of carboxylic acids is 1. The fraction of sp³-hybridized carbons (Fsp3) is 0.214. The Kier molecular flexibility index (Phi) is 4.87. The summed E-state index contributed by atoms with van der Waals surface area (Å²) in [4.78, 5) is 30.4. The average molecular weight is 322 g/mol. The molecular weight excluding hydrogens is 308 g/mol. The van der Waals surface area contributed by atoms with Gasteiger partial charge < -0.3 is 10.0 Å². The summed E-state index contributed by atoms with van der Waals surface area (Å²) < 4.78 is 0. The first kappa shape index (κ1) is 15.4. The SMILES string of the molecule is Cc1ncsc1CN(C)C(=O)c1csc(C=CC(=O)O)c1. The molecule has 0 saturated heterocycles. The molecule has 110 valence electrons. The van der Waals surface area contributed by atoms with Crippen LogP contribution in [0, 0.1) is 6.92 Å². The van der Waals surface area contributed by atoms with Gasteiger partial charge in [-0.3, -0.25) is 4.79 Å². The third-order valence-corrected chi connectivity index (χ3v) is 4.65. The van der Waals surface area contributed by atoms with Gasteiger partial charge in [0.25, 0.3) is 5.91 Å². The van der Waals surface area contributed by atoms with E-state index in [0.717, 1.165) is 21.5 Å². The predicted molar refractivity (Wildman–Crippen MR) is 83.6 cm³/mol. The van der Waals surface area contributed by atoms with Crippen LogP contribution in [0.1, 0.15) is 25.8 Å². The second kappa shape index (κ2) is 6.64. The van der Waals surface area contributed by atoms with Crippen LogP contribution in [0.15, 0.2) is 23.0 Å². The lowest BCUT2D eigenvalue weighted by Crippen LogP contribution is -2.25. The Morgan fingerprint density at radius 2 is 2.19 bits per heavy atom. The molecule has 2 heterocycles. The summed E-state index contributed by atoms with van der Waals surface area (Å²) in [7, 11) is 1.74. The molecule has 0 bridgehead atoms. The topological polar surface area (TPSA) is 70.5 Å². The van der Waals surface area contributed by atoms with E-state index >= 15 is 0 Å². The number of rotatable bonds is 5. The van der Waals surface area contributed by atoms with Gasteiger partial charge in [-0.05, 0) is 19.1 Å². The highest BCUT2D eigenvalue weighted by Gasteiger charge is 2.15. The van der Waals surface area contributed by atoms with Gasteiger partial charge in [0.05, 0.1) is 23.3 Å². The molecule has 5 nitrogen and oxygen atoms in total. The Morgan fingerprint density at radius 3 is 2.81 bits per heavy atom. The highest BCUT2D eigenvalue weighted by molar-refractivity contribution is 7.11. The van der Waals surface area contributed by atoms with E-state index in [1.807, 2.05) is 6.92 Å². The van der Waals surface area contributed by atoms with Gasteiger partial charge >= 0.3 is 5.97 Å². The van der Waals surface area contributed by atoms with E-state index in [0.29, 0.717) is 12.1 Å². The maximum Gasteiger partial charge on any atom is 0.328 e. The zero-order valence-electron chi connectivity index (χ0n) is 11.6. The second-order valence-corrected chi connectivity index (χ2v) is 6.31. The predicted octanol–water partition coefficient (Wildman–Crippen LogP) is 2.88. The van der Waals surface area contributed by atoms with Gasteiger partial charge in [-0.25, -0.2) is 9.78 Å². The molecule has 0 atom stereocenters. The Hall–Kier alpha value is -1.99. The van der Waals surface area contributed by atoms with Crippen molar-refractivity contribution in [1.29, 1.82) is 0 Å². The lowest BCUT2D eigenvalue weighted by molar-refractivity contribution is -0.131. The van der Waals surface area contributed by atoms with Crippen LogP contribution in [0.2, 0.25) is 0 Å². The molecule has 0 aliphatic rings. The molecule has 0 aliphatic heterocycles. The molecule has 0 fully saturated rings. The third-order valence-electron chi connectivity index (χ3n) is 2.83. The normalized spacial score (nSPS) is 11.0. The maximum atomic E-state index is 12.3. The number of carbonyl (C=O) groups is 2. The summed E-state index contributed by atoms with van der Waals surface area (Å²) in [5, 5.41) is 10.3. The van der Waals surface area contributed by atoms with Crippen molar-refractivity contribution >= 4 is 40.6 Å². The van der Waals surface area contributed by atoms with E-state index in [1.165, 1.54) is 28.7 Å². The molecule has 0 spiro atoms. The van der Waals surface area contributed by atoms with Crippen molar-refractivity contribution in [1.82, 2.24) is 9.88 Å². The molecule has 2 aromatic rings. The van der Waals surface area contributed by atoms with E-state index in [1.54, 1.807) is 28.9 Å². The van der Waals surface area contributed by atoms with Gasteiger partial charge in [-0.15, -0.1) is 22.7 Å². The first-order valence-corrected chi connectivity index (χ1v) is 7.87. The van der Waals surface area contributed by atoms with Crippen molar-refractivity contribution in [3.8, 4) is 0 Å². The number of hydrogen-bond acceptors (Lipinski definition) is 5. The molecule has 0 saturated carbocycles. The van der Waals surface area contributed by atoms with Gasteiger partial charge in [0.2, 0.25) is 0 Å². The van der Waals surface area contributed by atoms with Gasteiger partial charge in [0, 0.05) is 28.3 Å². The number of nitrogens with zero attached hydrogens (tertiary/aromatic N) is 2. The minimum Gasteiger partial charge on any atom is -0.478 e. The van der Waals surface area contributed by atoms with Gasteiger partial charge in [0.1, 0.15) is 0 Å². The van der Waals surface area contributed by atoms with Crippen LogP contribution in [-0.2, 0) is 11.3 Å². The van der Waals surface area contributed by atoms with Crippen LogP contribution in [0.4, 0.5) is 0 Å². The molecule has 0 aliphatic carbocycles. The molecule has 2 aromatic heterocycles. The smallest absolute Gasteiger partial charge is 0.328 e. The molecule has 1 amide bonds. The van der Waals surface area contributed by atoms with Crippen molar-refractivity contribution < 1.29 is 14.7 Å². The van der Waals surface area contributed by atoms with Crippen LogP contribution in [0.3, 0.4) is 0 Å². The van der Waals surface area contributed by atoms with Crippen LogP contribution in [-0.4, -0.2) is 33.9 Å². The highest BCUT2D eigenvalue weighted by atomic mass is 32.1. The monoisotopic (exact) mass is 322 g/mol. The number of aliphatic carboxylic acids is 1. The summed E-state index contributed by atoms with van der Waals surface area (Å²) >= 11 is 2.87. The Morgan fingerprint density at radius 1 is 1.43 bits per heavy atom. The molecule has 1 N–H and O–H groups in total. The Balaban J connectivity index is 2.06. The quantitative estimate of drug-likeness (QED) is 0.859. The highest BCUT2D eigenvalue weighted by Crippen LogP contribution is 2.20. The van der Waals surface area contributed by atoms with Crippen molar-refractivity contribution in [3.05, 3.63) is 44.0 Å². The molecule has 0 radical (unpaired) electrons. The van der Waals surface area contributed by atoms with Gasteiger partial charge in [-0.2, -0.15) is 0 Å². The fourth-order valence-electron chi connectivity index (χ4n) is 1.69. The number of aryl methyl sites for hydroxylation is 1. The standard InChI is InChI=1S/C14H14N2O3S2/c1-9-12(21-8-15-9)6-16(2)14(19)10-5-11(20-7-10)3-4-13(17)18/h3-5,7-8H,6H2,1-2H3,(H,17,18). The van der Waals surface area contributed by atoms with Crippen molar-refractivity contribution in [2.24, 2.45) is 0 Å². The zero-order chi connectivity index (χ0) is 15.4. The van der Waals surface area contributed by atoms with Crippen LogP contribution in [0.25, 0.3) is 6.08 Å². The lowest BCUT2D eigenvalue weighted by Gasteiger charge is -2.15. The summed E-state index contributed by atoms with van der Waals surface area (Å²) in [5.41, 5.74) is 3.27. The largest absolute Gasteiger partial charge is 0.478 e. The Labute approximate surface area is 130 Å². The minimum atomic E-state index is -1.01. The second-order valence-electron chi connectivity index (χ2n) is 4.43. The van der Waals surface area contributed by atoms with E-state index in [2.05, 4.69) is 4.98 Å². The molecule has 21 heavy (non-hydrogen) atoms. The van der Waals surface area contributed by atoms with Crippen molar-refractivity contribution in [2.45, 2.75) is 13.5 Å².